The van der Waals surface area contributed by atoms with E-state index in [4.69, 9.17) is 9.47 Å². The topological polar surface area (TPSA) is 56.6 Å². The molecule has 1 aliphatic heterocycles. The van der Waals surface area contributed by atoms with Gasteiger partial charge in [-0.2, -0.15) is 0 Å². The number of hydrogen-bond donors (Lipinski definition) is 0. The van der Waals surface area contributed by atoms with Crippen molar-refractivity contribution in [3.63, 3.8) is 0 Å². The van der Waals surface area contributed by atoms with Crippen molar-refractivity contribution in [1.29, 1.82) is 0 Å². The van der Waals surface area contributed by atoms with Crippen molar-refractivity contribution < 1.29 is 9.47 Å². The van der Waals surface area contributed by atoms with E-state index in [1.165, 1.54) is 4.68 Å². The predicted molar refractivity (Wildman–Crippen MR) is 72.9 cm³/mol. The lowest BCUT2D eigenvalue weighted by Crippen LogP contribution is -2.37. The van der Waals surface area contributed by atoms with Crippen molar-refractivity contribution in [3.8, 4) is 5.88 Å². The van der Waals surface area contributed by atoms with Crippen molar-refractivity contribution in [3.05, 3.63) is 16.4 Å². The summed E-state index contributed by atoms with van der Waals surface area (Å²) >= 11 is 0. The molecule has 0 saturated carbocycles. The van der Waals surface area contributed by atoms with E-state index in [-0.39, 0.29) is 5.56 Å². The molecule has 1 fully saturated rings. The second kappa shape index (κ2) is 6.56. The van der Waals surface area contributed by atoms with E-state index in [1.807, 2.05) is 0 Å². The molecule has 0 aromatic carbocycles. The number of rotatable bonds is 5. The summed E-state index contributed by atoms with van der Waals surface area (Å²) < 4.78 is 12.4. The lowest BCUT2D eigenvalue weighted by Gasteiger charge is -2.29. The average molecular weight is 267 g/mol. The van der Waals surface area contributed by atoms with Crippen molar-refractivity contribution in [2.75, 3.05) is 37.8 Å². The molecule has 0 radical (unpaired) electrons. The highest BCUT2D eigenvalue weighted by Crippen LogP contribution is 2.24. The first-order chi connectivity index (χ1) is 9.22. The summed E-state index contributed by atoms with van der Waals surface area (Å²) in [5, 5.41) is 4.22. The van der Waals surface area contributed by atoms with Gasteiger partial charge in [-0.05, 0) is 6.42 Å². The van der Waals surface area contributed by atoms with E-state index in [2.05, 4.69) is 16.9 Å². The average Bonchev–Trinajstić information content (AvgIpc) is 2.43. The Morgan fingerprint density at radius 3 is 2.84 bits per heavy atom. The Morgan fingerprint density at radius 1 is 1.42 bits per heavy atom. The minimum Gasteiger partial charge on any atom is -0.475 e. The van der Waals surface area contributed by atoms with Crippen LogP contribution >= 0.6 is 0 Å². The van der Waals surface area contributed by atoms with Gasteiger partial charge in [-0.15, -0.1) is 5.10 Å². The quantitative estimate of drug-likeness (QED) is 0.738. The number of aromatic nitrogens is 2. The minimum absolute atomic E-state index is 0.121. The first-order valence-electron chi connectivity index (χ1n) is 6.76. The van der Waals surface area contributed by atoms with Crippen LogP contribution in [0.15, 0.2) is 10.9 Å². The SMILES string of the molecule is CCCCOc1nn(C)c(=O)cc1N1CCOCC1. The number of morpholine rings is 1. The van der Waals surface area contributed by atoms with Gasteiger partial charge in [0.1, 0.15) is 5.69 Å². The Kier molecular flexibility index (Phi) is 4.79. The summed E-state index contributed by atoms with van der Waals surface area (Å²) in [5.41, 5.74) is 0.659. The lowest BCUT2D eigenvalue weighted by atomic mass is 10.3. The van der Waals surface area contributed by atoms with E-state index in [0.29, 0.717) is 25.7 Å². The molecule has 0 bridgehead atoms. The molecule has 1 aromatic rings. The van der Waals surface area contributed by atoms with Crippen molar-refractivity contribution >= 4 is 5.69 Å². The predicted octanol–water partition coefficient (Wildman–Crippen LogP) is 0.796. The first-order valence-corrected chi connectivity index (χ1v) is 6.76. The third-order valence-corrected chi connectivity index (χ3v) is 3.13. The molecular weight excluding hydrogens is 246 g/mol. The number of unbranched alkanes of at least 4 members (excludes halogenated alkanes) is 1. The van der Waals surface area contributed by atoms with Crippen LogP contribution in [0.3, 0.4) is 0 Å². The Morgan fingerprint density at radius 2 is 2.16 bits per heavy atom. The maximum Gasteiger partial charge on any atom is 0.268 e. The third kappa shape index (κ3) is 3.47. The fraction of sp³-hybridized carbons (Fsp3) is 0.692. The molecule has 6 heteroatoms. The molecule has 19 heavy (non-hydrogen) atoms. The Bertz CT molecular complexity index is 467. The molecule has 6 nitrogen and oxygen atoms in total. The Balaban J connectivity index is 2.22. The zero-order valence-electron chi connectivity index (χ0n) is 11.6. The Labute approximate surface area is 112 Å². The van der Waals surface area contributed by atoms with Crippen LogP contribution < -0.4 is 15.2 Å². The van der Waals surface area contributed by atoms with Gasteiger partial charge in [-0.3, -0.25) is 4.79 Å². The van der Waals surface area contributed by atoms with E-state index < -0.39 is 0 Å². The van der Waals surface area contributed by atoms with Crippen LogP contribution in [0.5, 0.6) is 5.88 Å². The van der Waals surface area contributed by atoms with Crippen LogP contribution in [0, 0.1) is 0 Å². The molecule has 0 aliphatic carbocycles. The van der Waals surface area contributed by atoms with E-state index >= 15 is 0 Å². The van der Waals surface area contributed by atoms with Gasteiger partial charge in [0.2, 0.25) is 0 Å². The monoisotopic (exact) mass is 267 g/mol. The molecule has 0 spiro atoms. The minimum atomic E-state index is -0.121. The summed E-state index contributed by atoms with van der Waals surface area (Å²) in [6.07, 6.45) is 2.05. The summed E-state index contributed by atoms with van der Waals surface area (Å²) in [6.45, 7) is 5.60. The second-order valence-corrected chi connectivity index (χ2v) is 4.60. The van der Waals surface area contributed by atoms with Crippen molar-refractivity contribution in [1.82, 2.24) is 9.78 Å². The smallest absolute Gasteiger partial charge is 0.268 e. The van der Waals surface area contributed by atoms with Crippen LogP contribution in [0.2, 0.25) is 0 Å². The molecule has 106 valence electrons. The van der Waals surface area contributed by atoms with Gasteiger partial charge in [-0.1, -0.05) is 13.3 Å². The highest BCUT2D eigenvalue weighted by Gasteiger charge is 2.18. The molecule has 1 aliphatic rings. The third-order valence-electron chi connectivity index (χ3n) is 3.13. The van der Waals surface area contributed by atoms with Gasteiger partial charge in [0.25, 0.3) is 11.4 Å². The standard InChI is InChI=1S/C13H21N3O3/c1-3-4-7-19-13-11(10-12(17)15(2)14-13)16-5-8-18-9-6-16/h10H,3-9H2,1-2H3. The molecule has 0 amide bonds. The summed E-state index contributed by atoms with van der Waals surface area (Å²) in [6, 6.07) is 1.60. The largest absolute Gasteiger partial charge is 0.475 e. The fourth-order valence-electron chi connectivity index (χ4n) is 1.96. The fourth-order valence-corrected chi connectivity index (χ4v) is 1.96. The normalized spacial score (nSPS) is 15.6. The molecule has 0 N–H and O–H groups in total. The van der Waals surface area contributed by atoms with Crippen LogP contribution in [0.25, 0.3) is 0 Å². The molecule has 1 aromatic heterocycles. The van der Waals surface area contributed by atoms with Gasteiger partial charge in [-0.25, -0.2) is 4.68 Å². The number of nitrogens with zero attached hydrogens (tertiary/aromatic N) is 3. The van der Waals surface area contributed by atoms with Gasteiger partial charge in [0.15, 0.2) is 0 Å². The van der Waals surface area contributed by atoms with Gasteiger partial charge in [0, 0.05) is 26.2 Å². The second-order valence-electron chi connectivity index (χ2n) is 4.60. The molecular formula is C13H21N3O3. The first kappa shape index (κ1) is 13.9. The maximum absolute atomic E-state index is 11.8. The van der Waals surface area contributed by atoms with Crippen molar-refractivity contribution in [2.45, 2.75) is 19.8 Å². The van der Waals surface area contributed by atoms with Gasteiger partial charge in [0.05, 0.1) is 19.8 Å². The van der Waals surface area contributed by atoms with Gasteiger partial charge >= 0.3 is 0 Å². The van der Waals surface area contributed by atoms with Crippen LogP contribution in [-0.4, -0.2) is 42.7 Å². The molecule has 0 atom stereocenters. The van der Waals surface area contributed by atoms with Gasteiger partial charge < -0.3 is 14.4 Å². The highest BCUT2D eigenvalue weighted by molar-refractivity contribution is 5.54. The summed E-state index contributed by atoms with van der Waals surface area (Å²) in [7, 11) is 1.64. The van der Waals surface area contributed by atoms with Crippen LogP contribution in [0.1, 0.15) is 19.8 Å². The summed E-state index contributed by atoms with van der Waals surface area (Å²) in [5.74, 6) is 0.539. The van der Waals surface area contributed by atoms with E-state index in [9.17, 15) is 4.79 Å². The maximum atomic E-state index is 11.8. The molecule has 2 rings (SSSR count). The summed E-state index contributed by atoms with van der Waals surface area (Å²) in [4.78, 5) is 13.8. The zero-order chi connectivity index (χ0) is 13.7. The van der Waals surface area contributed by atoms with Crippen LogP contribution in [0.4, 0.5) is 5.69 Å². The number of hydrogen-bond acceptors (Lipinski definition) is 5. The van der Waals surface area contributed by atoms with E-state index in [1.54, 1.807) is 13.1 Å². The lowest BCUT2D eigenvalue weighted by molar-refractivity contribution is 0.122. The number of anilines is 1. The highest BCUT2D eigenvalue weighted by atomic mass is 16.5. The molecule has 2 heterocycles. The zero-order valence-corrected chi connectivity index (χ0v) is 11.6. The molecule has 1 saturated heterocycles. The van der Waals surface area contributed by atoms with E-state index in [0.717, 1.165) is 31.6 Å². The number of ether oxygens (including phenoxy) is 2. The number of aryl methyl sites for hydroxylation is 1. The Hall–Kier alpha value is -1.56. The van der Waals surface area contributed by atoms with Crippen molar-refractivity contribution in [2.24, 2.45) is 7.05 Å². The van der Waals surface area contributed by atoms with Crippen LogP contribution in [-0.2, 0) is 11.8 Å². The molecule has 0 unspecified atom stereocenters.